The summed E-state index contributed by atoms with van der Waals surface area (Å²) >= 11 is 0. The lowest BCUT2D eigenvalue weighted by molar-refractivity contribution is 0.0636. The fourth-order valence-corrected chi connectivity index (χ4v) is 2.61. The lowest BCUT2D eigenvalue weighted by Crippen LogP contribution is -2.27. The van der Waals surface area contributed by atoms with Crippen LogP contribution in [0.3, 0.4) is 0 Å². The molecule has 1 amide bonds. The van der Waals surface area contributed by atoms with Crippen molar-refractivity contribution in [1.29, 1.82) is 0 Å². The molecule has 1 saturated carbocycles. The van der Waals surface area contributed by atoms with E-state index in [1.807, 2.05) is 32.9 Å². The molecule has 22 heavy (non-hydrogen) atoms. The van der Waals surface area contributed by atoms with Gasteiger partial charge in [0.1, 0.15) is 11.4 Å². The standard InChI is InChI=1S/C17H27N3O2/c1-17(2,3)22-16(21)20-14-10-11-15(18-12-14)19-13-8-6-4-5-7-9-13/h10-13H,4-9H2,1-3H3,(H,18,19)(H,20,21). The lowest BCUT2D eigenvalue weighted by atomic mass is 10.1. The predicted molar refractivity (Wildman–Crippen MR) is 89.2 cm³/mol. The van der Waals surface area contributed by atoms with Crippen molar-refractivity contribution in [3.63, 3.8) is 0 Å². The average Bonchev–Trinajstić information content (AvgIpc) is 2.67. The Hall–Kier alpha value is -1.78. The first-order valence-corrected chi connectivity index (χ1v) is 8.15. The zero-order valence-corrected chi connectivity index (χ0v) is 13.8. The molecule has 1 aliphatic rings. The number of ether oxygens (including phenoxy) is 1. The van der Waals surface area contributed by atoms with Crippen LogP contribution in [0.5, 0.6) is 0 Å². The van der Waals surface area contributed by atoms with Crippen LogP contribution in [0, 0.1) is 0 Å². The average molecular weight is 305 g/mol. The van der Waals surface area contributed by atoms with Crippen LogP contribution in [0.15, 0.2) is 18.3 Å². The van der Waals surface area contributed by atoms with Gasteiger partial charge in [0.15, 0.2) is 0 Å². The van der Waals surface area contributed by atoms with Gasteiger partial charge in [-0.15, -0.1) is 0 Å². The zero-order valence-electron chi connectivity index (χ0n) is 13.8. The fourth-order valence-electron chi connectivity index (χ4n) is 2.61. The summed E-state index contributed by atoms with van der Waals surface area (Å²) in [7, 11) is 0. The van der Waals surface area contributed by atoms with Crippen LogP contribution in [-0.4, -0.2) is 22.7 Å². The quantitative estimate of drug-likeness (QED) is 0.803. The summed E-state index contributed by atoms with van der Waals surface area (Å²) in [6.45, 7) is 5.51. The van der Waals surface area contributed by atoms with Crippen LogP contribution in [0.1, 0.15) is 59.3 Å². The summed E-state index contributed by atoms with van der Waals surface area (Å²) in [4.78, 5) is 16.1. The molecule has 2 N–H and O–H groups in total. The van der Waals surface area contributed by atoms with Crippen LogP contribution < -0.4 is 10.6 Å². The number of hydrogen-bond acceptors (Lipinski definition) is 4. The molecule has 2 rings (SSSR count). The van der Waals surface area contributed by atoms with E-state index in [2.05, 4.69) is 15.6 Å². The second kappa shape index (κ2) is 7.47. The van der Waals surface area contributed by atoms with Gasteiger partial charge in [0.2, 0.25) is 0 Å². The number of nitrogens with zero attached hydrogens (tertiary/aromatic N) is 1. The molecule has 0 saturated heterocycles. The van der Waals surface area contributed by atoms with Crippen molar-refractivity contribution in [1.82, 2.24) is 4.98 Å². The Morgan fingerprint density at radius 3 is 2.41 bits per heavy atom. The van der Waals surface area contributed by atoms with E-state index in [9.17, 15) is 4.79 Å². The third-order valence-corrected chi connectivity index (χ3v) is 3.62. The second-order valence-electron chi connectivity index (χ2n) is 6.89. The van der Waals surface area contributed by atoms with Gasteiger partial charge in [0, 0.05) is 6.04 Å². The highest BCUT2D eigenvalue weighted by atomic mass is 16.6. The van der Waals surface area contributed by atoms with Crippen molar-refractivity contribution in [3.8, 4) is 0 Å². The van der Waals surface area contributed by atoms with Crippen molar-refractivity contribution in [2.24, 2.45) is 0 Å². The molecule has 1 aromatic heterocycles. The maximum atomic E-state index is 11.7. The van der Waals surface area contributed by atoms with Gasteiger partial charge in [0.25, 0.3) is 0 Å². The summed E-state index contributed by atoms with van der Waals surface area (Å²) < 4.78 is 5.21. The van der Waals surface area contributed by atoms with Gasteiger partial charge < -0.3 is 10.1 Å². The smallest absolute Gasteiger partial charge is 0.412 e. The number of aromatic nitrogens is 1. The molecule has 0 spiro atoms. The van der Waals surface area contributed by atoms with Gasteiger partial charge in [0.05, 0.1) is 11.9 Å². The number of carbonyl (C=O) groups is 1. The maximum absolute atomic E-state index is 11.7. The van der Waals surface area contributed by atoms with Crippen molar-refractivity contribution < 1.29 is 9.53 Å². The van der Waals surface area contributed by atoms with E-state index < -0.39 is 11.7 Å². The van der Waals surface area contributed by atoms with Gasteiger partial charge in [-0.1, -0.05) is 25.7 Å². The summed E-state index contributed by atoms with van der Waals surface area (Å²) in [6.07, 6.45) is 8.86. The minimum Gasteiger partial charge on any atom is -0.444 e. The molecule has 0 radical (unpaired) electrons. The Kier molecular flexibility index (Phi) is 5.63. The number of carbonyl (C=O) groups excluding carboxylic acids is 1. The number of hydrogen-bond donors (Lipinski definition) is 2. The number of amides is 1. The van der Waals surface area contributed by atoms with Gasteiger partial charge in [-0.25, -0.2) is 9.78 Å². The zero-order chi connectivity index (χ0) is 16.0. The number of anilines is 2. The molecule has 5 nitrogen and oxygen atoms in total. The minimum absolute atomic E-state index is 0.459. The van der Waals surface area contributed by atoms with E-state index in [-0.39, 0.29) is 0 Å². The number of nitrogens with one attached hydrogen (secondary N) is 2. The number of pyridine rings is 1. The summed E-state index contributed by atoms with van der Waals surface area (Å²) in [6, 6.07) is 4.26. The molecule has 1 fully saturated rings. The molecule has 1 aliphatic carbocycles. The van der Waals surface area contributed by atoms with E-state index in [1.165, 1.54) is 38.5 Å². The second-order valence-corrected chi connectivity index (χ2v) is 6.89. The van der Waals surface area contributed by atoms with Crippen molar-refractivity contribution in [3.05, 3.63) is 18.3 Å². The van der Waals surface area contributed by atoms with Gasteiger partial charge in [-0.3, -0.25) is 5.32 Å². The van der Waals surface area contributed by atoms with Crippen LogP contribution in [0.25, 0.3) is 0 Å². The van der Waals surface area contributed by atoms with E-state index in [0.29, 0.717) is 11.7 Å². The van der Waals surface area contributed by atoms with E-state index >= 15 is 0 Å². The first kappa shape index (κ1) is 16.6. The van der Waals surface area contributed by atoms with E-state index in [4.69, 9.17) is 4.74 Å². The highest BCUT2D eigenvalue weighted by Gasteiger charge is 2.16. The largest absolute Gasteiger partial charge is 0.444 e. The Balaban J connectivity index is 1.85. The Labute approximate surface area is 132 Å². The van der Waals surface area contributed by atoms with Crippen molar-refractivity contribution in [2.45, 2.75) is 70.9 Å². The van der Waals surface area contributed by atoms with Crippen LogP contribution in [0.2, 0.25) is 0 Å². The number of rotatable bonds is 3. The molecule has 0 atom stereocenters. The Morgan fingerprint density at radius 2 is 1.86 bits per heavy atom. The van der Waals surface area contributed by atoms with Crippen molar-refractivity contribution >= 4 is 17.6 Å². The van der Waals surface area contributed by atoms with Gasteiger partial charge >= 0.3 is 6.09 Å². The Bertz CT molecular complexity index is 472. The van der Waals surface area contributed by atoms with Crippen LogP contribution >= 0.6 is 0 Å². The first-order chi connectivity index (χ1) is 10.4. The SMILES string of the molecule is CC(C)(C)OC(=O)Nc1ccc(NC2CCCCCC2)nc1. The van der Waals surface area contributed by atoms with Crippen LogP contribution in [0.4, 0.5) is 16.3 Å². The monoisotopic (exact) mass is 305 g/mol. The summed E-state index contributed by atoms with van der Waals surface area (Å²) in [5.41, 5.74) is 0.138. The van der Waals surface area contributed by atoms with E-state index in [1.54, 1.807) is 6.20 Å². The van der Waals surface area contributed by atoms with Gasteiger partial charge in [-0.2, -0.15) is 0 Å². The summed E-state index contributed by atoms with van der Waals surface area (Å²) in [5.74, 6) is 0.863. The van der Waals surface area contributed by atoms with Crippen LogP contribution in [-0.2, 0) is 4.74 Å². The maximum Gasteiger partial charge on any atom is 0.412 e. The normalized spacial score (nSPS) is 16.7. The predicted octanol–water partition coefficient (Wildman–Crippen LogP) is 4.56. The first-order valence-electron chi connectivity index (χ1n) is 8.15. The molecule has 0 unspecified atom stereocenters. The third kappa shape index (κ3) is 5.92. The molecule has 1 heterocycles. The fraction of sp³-hybridized carbons (Fsp3) is 0.647. The Morgan fingerprint density at radius 1 is 1.18 bits per heavy atom. The highest BCUT2D eigenvalue weighted by Crippen LogP contribution is 2.21. The molecular weight excluding hydrogens is 278 g/mol. The minimum atomic E-state index is -0.501. The van der Waals surface area contributed by atoms with E-state index in [0.717, 1.165) is 5.82 Å². The third-order valence-electron chi connectivity index (χ3n) is 3.62. The topological polar surface area (TPSA) is 63.2 Å². The highest BCUT2D eigenvalue weighted by molar-refractivity contribution is 5.84. The molecule has 5 heteroatoms. The molecule has 0 aliphatic heterocycles. The molecular formula is C17H27N3O2. The van der Waals surface area contributed by atoms with Gasteiger partial charge in [-0.05, 0) is 45.7 Å². The molecule has 122 valence electrons. The van der Waals surface area contributed by atoms with Crippen molar-refractivity contribution in [2.75, 3.05) is 10.6 Å². The molecule has 0 bridgehead atoms. The lowest BCUT2D eigenvalue weighted by Gasteiger charge is -2.20. The molecule has 1 aromatic rings. The summed E-state index contributed by atoms with van der Waals surface area (Å²) in [5, 5.41) is 6.17. The molecule has 0 aromatic carbocycles.